The van der Waals surface area contributed by atoms with Gasteiger partial charge in [0.2, 0.25) is 5.91 Å². The fraction of sp³-hybridized carbons (Fsp3) is 0.188. The van der Waals surface area contributed by atoms with E-state index in [9.17, 15) is 22.8 Å². The topological polar surface area (TPSA) is 85.1 Å². The van der Waals surface area contributed by atoms with E-state index >= 15 is 0 Å². The van der Waals surface area contributed by atoms with Gasteiger partial charge >= 0.3 is 6.18 Å². The Hall–Kier alpha value is -2.42. The van der Waals surface area contributed by atoms with Crippen LogP contribution in [0.4, 0.5) is 13.2 Å². The molecule has 0 aliphatic heterocycles. The summed E-state index contributed by atoms with van der Waals surface area (Å²) in [4.78, 5) is 27.8. The lowest BCUT2D eigenvalue weighted by Gasteiger charge is -2.16. The van der Waals surface area contributed by atoms with Gasteiger partial charge in [0.1, 0.15) is 10.6 Å². The summed E-state index contributed by atoms with van der Waals surface area (Å²) < 4.78 is 38.1. The van der Waals surface area contributed by atoms with E-state index in [1.165, 1.54) is 0 Å². The van der Waals surface area contributed by atoms with Crippen molar-refractivity contribution >= 4 is 27.7 Å². The minimum atomic E-state index is -4.49. The lowest BCUT2D eigenvalue weighted by atomic mass is 10.1. The third-order valence-electron chi connectivity index (χ3n) is 3.38. The van der Waals surface area contributed by atoms with Gasteiger partial charge in [-0.15, -0.1) is 0 Å². The zero-order valence-corrected chi connectivity index (χ0v) is 14.3. The average Bonchev–Trinajstić information content (AvgIpc) is 2.55. The number of halogens is 4. The van der Waals surface area contributed by atoms with Crippen LogP contribution in [0.1, 0.15) is 21.5 Å². The maximum absolute atomic E-state index is 12.5. The first-order chi connectivity index (χ1) is 11.7. The minimum Gasteiger partial charge on any atom is -0.368 e. The molecule has 0 aliphatic carbocycles. The molecule has 25 heavy (non-hydrogen) atoms. The lowest BCUT2D eigenvalue weighted by Crippen LogP contribution is -2.45. The van der Waals surface area contributed by atoms with Gasteiger partial charge in [0.05, 0.1) is 5.56 Å². The predicted octanol–water partition coefficient (Wildman–Crippen LogP) is 2.69. The maximum atomic E-state index is 12.5. The minimum absolute atomic E-state index is 0.00972. The van der Waals surface area contributed by atoms with Crippen molar-refractivity contribution in [2.45, 2.75) is 18.6 Å². The van der Waals surface area contributed by atoms with Crippen LogP contribution >= 0.6 is 15.9 Å². The molecule has 1 atom stereocenters. The summed E-state index contributed by atoms with van der Waals surface area (Å²) in [6.07, 6.45) is -2.85. The number of pyridine rings is 1. The van der Waals surface area contributed by atoms with Crippen LogP contribution in [0, 0.1) is 0 Å². The van der Waals surface area contributed by atoms with Crippen LogP contribution in [0.5, 0.6) is 0 Å². The van der Waals surface area contributed by atoms with Crippen LogP contribution in [-0.2, 0) is 17.4 Å². The molecule has 3 N–H and O–H groups in total. The van der Waals surface area contributed by atoms with E-state index in [1.807, 2.05) is 0 Å². The van der Waals surface area contributed by atoms with E-state index in [-0.39, 0.29) is 12.0 Å². The summed E-state index contributed by atoms with van der Waals surface area (Å²) in [5.41, 5.74) is 5.08. The molecule has 0 bridgehead atoms. The largest absolute Gasteiger partial charge is 0.416 e. The summed E-state index contributed by atoms with van der Waals surface area (Å²) in [5, 5.41) is 2.42. The highest BCUT2D eigenvalue weighted by Crippen LogP contribution is 2.29. The van der Waals surface area contributed by atoms with E-state index in [1.54, 1.807) is 18.3 Å². The first-order valence-corrected chi connectivity index (χ1v) is 7.84. The Morgan fingerprint density at radius 1 is 1.20 bits per heavy atom. The van der Waals surface area contributed by atoms with Gasteiger partial charge in [-0.25, -0.2) is 4.98 Å². The van der Waals surface area contributed by atoms with Crippen LogP contribution in [-0.4, -0.2) is 22.8 Å². The van der Waals surface area contributed by atoms with Crippen LogP contribution in [0.15, 0.2) is 47.2 Å². The lowest BCUT2D eigenvalue weighted by molar-refractivity contribution is -0.137. The molecule has 0 unspecified atom stereocenters. The molecule has 2 rings (SSSR count). The fourth-order valence-corrected chi connectivity index (χ4v) is 2.48. The number of amides is 2. The number of primary amides is 1. The van der Waals surface area contributed by atoms with Crippen LogP contribution < -0.4 is 11.1 Å². The van der Waals surface area contributed by atoms with E-state index < -0.39 is 29.6 Å². The molecule has 9 heteroatoms. The molecule has 0 radical (unpaired) electrons. The van der Waals surface area contributed by atoms with Crippen molar-refractivity contribution in [3.63, 3.8) is 0 Å². The highest BCUT2D eigenvalue weighted by Gasteiger charge is 2.30. The Balaban J connectivity index is 2.13. The maximum Gasteiger partial charge on any atom is 0.416 e. The first-order valence-electron chi connectivity index (χ1n) is 7.05. The molecule has 2 amide bonds. The summed E-state index contributed by atoms with van der Waals surface area (Å²) in [7, 11) is 0. The third-order valence-corrected chi connectivity index (χ3v) is 4.10. The van der Waals surface area contributed by atoms with Crippen molar-refractivity contribution in [3.8, 4) is 0 Å². The Morgan fingerprint density at radius 3 is 2.36 bits per heavy atom. The number of benzene rings is 1. The van der Waals surface area contributed by atoms with Gasteiger partial charge in [0.15, 0.2) is 0 Å². The van der Waals surface area contributed by atoms with E-state index in [0.717, 1.165) is 24.3 Å². The molecule has 0 saturated carbocycles. The van der Waals surface area contributed by atoms with E-state index in [2.05, 4.69) is 26.2 Å². The van der Waals surface area contributed by atoms with Crippen molar-refractivity contribution in [2.75, 3.05) is 0 Å². The number of rotatable bonds is 5. The van der Waals surface area contributed by atoms with Crippen molar-refractivity contribution in [1.29, 1.82) is 0 Å². The van der Waals surface area contributed by atoms with Crippen molar-refractivity contribution in [1.82, 2.24) is 10.3 Å². The SMILES string of the molecule is NC(=O)[C@@H](Cc1cccnc1Br)NC(=O)c1ccc(C(F)(F)F)cc1. The van der Waals surface area contributed by atoms with Crippen molar-refractivity contribution in [2.24, 2.45) is 5.73 Å². The zero-order valence-electron chi connectivity index (χ0n) is 12.7. The average molecular weight is 416 g/mol. The van der Waals surface area contributed by atoms with Crippen molar-refractivity contribution in [3.05, 3.63) is 63.9 Å². The van der Waals surface area contributed by atoms with Gasteiger partial charge in [0, 0.05) is 18.2 Å². The summed E-state index contributed by atoms with van der Waals surface area (Å²) in [5.74, 6) is -1.46. The first kappa shape index (κ1) is 18.9. The predicted molar refractivity (Wildman–Crippen MR) is 87.5 cm³/mol. The Morgan fingerprint density at radius 2 is 1.84 bits per heavy atom. The number of nitrogens with one attached hydrogen (secondary N) is 1. The second kappa shape index (κ2) is 7.64. The summed E-state index contributed by atoms with van der Waals surface area (Å²) in [6, 6.07) is 6.01. The van der Waals surface area contributed by atoms with Crippen LogP contribution in [0.3, 0.4) is 0 Å². The Kier molecular flexibility index (Phi) is 5.78. The smallest absolute Gasteiger partial charge is 0.368 e. The number of alkyl halides is 3. The molecule has 5 nitrogen and oxygen atoms in total. The van der Waals surface area contributed by atoms with Crippen LogP contribution in [0.25, 0.3) is 0 Å². The molecule has 1 aromatic heterocycles. The third kappa shape index (κ3) is 5.02. The number of carbonyl (C=O) groups is 2. The van der Waals surface area contributed by atoms with Gasteiger partial charge in [0.25, 0.3) is 5.91 Å². The van der Waals surface area contributed by atoms with Crippen LogP contribution in [0.2, 0.25) is 0 Å². The number of aromatic nitrogens is 1. The standard InChI is InChI=1S/C16H13BrF3N3O2/c17-13-10(2-1-7-22-13)8-12(14(21)24)23-15(25)9-3-5-11(6-4-9)16(18,19)20/h1-7,12H,8H2,(H2,21,24)(H,23,25)/t12-/m1/s1. The second-order valence-electron chi connectivity index (χ2n) is 5.16. The molecular weight excluding hydrogens is 403 g/mol. The normalized spacial score (nSPS) is 12.5. The molecule has 1 aromatic carbocycles. The Labute approximate surface area is 149 Å². The monoisotopic (exact) mass is 415 g/mol. The quantitative estimate of drug-likeness (QED) is 0.736. The number of carbonyl (C=O) groups excluding carboxylic acids is 2. The molecule has 132 valence electrons. The Bertz CT molecular complexity index is 779. The van der Waals surface area contributed by atoms with E-state index in [4.69, 9.17) is 5.73 Å². The molecule has 0 saturated heterocycles. The molecule has 0 spiro atoms. The highest BCUT2D eigenvalue weighted by molar-refractivity contribution is 9.10. The fourth-order valence-electron chi connectivity index (χ4n) is 2.07. The second-order valence-corrected chi connectivity index (χ2v) is 5.91. The number of nitrogens with zero attached hydrogens (tertiary/aromatic N) is 1. The number of hydrogen-bond acceptors (Lipinski definition) is 3. The molecular formula is C16H13BrF3N3O2. The molecule has 2 aromatic rings. The molecule has 0 fully saturated rings. The van der Waals surface area contributed by atoms with Gasteiger partial charge in [-0.1, -0.05) is 6.07 Å². The summed E-state index contributed by atoms with van der Waals surface area (Å²) >= 11 is 3.23. The number of hydrogen-bond donors (Lipinski definition) is 2. The van der Waals surface area contributed by atoms with Gasteiger partial charge in [-0.3, -0.25) is 9.59 Å². The van der Waals surface area contributed by atoms with Crippen molar-refractivity contribution < 1.29 is 22.8 Å². The van der Waals surface area contributed by atoms with Gasteiger partial charge in [-0.05, 0) is 51.8 Å². The summed E-state index contributed by atoms with van der Waals surface area (Å²) in [6.45, 7) is 0. The highest BCUT2D eigenvalue weighted by atomic mass is 79.9. The molecule has 0 aliphatic rings. The van der Waals surface area contributed by atoms with Gasteiger partial charge in [-0.2, -0.15) is 13.2 Å². The van der Waals surface area contributed by atoms with Gasteiger partial charge < -0.3 is 11.1 Å². The van der Waals surface area contributed by atoms with E-state index in [0.29, 0.717) is 10.2 Å². The zero-order chi connectivity index (χ0) is 18.6. The number of nitrogens with two attached hydrogens (primary N) is 1. The molecule has 1 heterocycles.